The first-order chi connectivity index (χ1) is 6.24. The third-order valence-electron chi connectivity index (χ3n) is 1.98. The molecule has 0 fully saturated rings. The minimum absolute atomic E-state index is 0.0645. The summed E-state index contributed by atoms with van der Waals surface area (Å²) < 4.78 is 0. The van der Waals surface area contributed by atoms with Crippen LogP contribution in [0.2, 0.25) is 0 Å². The Labute approximate surface area is 80.7 Å². The summed E-state index contributed by atoms with van der Waals surface area (Å²) in [5.74, 6) is 0.0645. The molecule has 78 valence electrons. The molecule has 0 spiro atoms. The highest BCUT2D eigenvalue weighted by Gasteiger charge is 2.00. The summed E-state index contributed by atoms with van der Waals surface area (Å²) in [6.07, 6.45) is 0. The molecular weight excluding hydrogens is 166 g/mol. The zero-order valence-electron chi connectivity index (χ0n) is 8.89. The van der Waals surface area contributed by atoms with Crippen molar-refractivity contribution in [2.75, 3.05) is 39.8 Å². The van der Waals surface area contributed by atoms with Crippen LogP contribution in [-0.2, 0) is 4.79 Å². The van der Waals surface area contributed by atoms with Gasteiger partial charge in [-0.3, -0.25) is 4.79 Å². The van der Waals surface area contributed by atoms with Crippen LogP contribution in [0.5, 0.6) is 0 Å². The number of carbonyl (C=O) groups excluding carboxylic acids is 1. The largest absolute Gasteiger partial charge is 0.354 e. The second kappa shape index (κ2) is 8.01. The first kappa shape index (κ1) is 12.4. The minimum atomic E-state index is 0.0645. The van der Waals surface area contributed by atoms with Gasteiger partial charge in [0.2, 0.25) is 5.91 Å². The van der Waals surface area contributed by atoms with E-state index in [9.17, 15) is 4.79 Å². The Bertz CT molecular complexity index is 135. The molecule has 0 aromatic rings. The molecule has 2 N–H and O–H groups in total. The van der Waals surface area contributed by atoms with Crippen molar-refractivity contribution in [2.24, 2.45) is 0 Å². The molecule has 0 aliphatic rings. The van der Waals surface area contributed by atoms with Crippen LogP contribution >= 0.6 is 0 Å². The predicted molar refractivity (Wildman–Crippen MR) is 54.7 cm³/mol. The summed E-state index contributed by atoms with van der Waals surface area (Å²) in [4.78, 5) is 13.3. The van der Waals surface area contributed by atoms with Crippen LogP contribution < -0.4 is 10.6 Å². The first-order valence-corrected chi connectivity index (χ1v) is 4.88. The number of amides is 1. The summed E-state index contributed by atoms with van der Waals surface area (Å²) >= 11 is 0. The Hall–Kier alpha value is -0.610. The average Bonchev–Trinajstić information content (AvgIpc) is 2.13. The zero-order valence-corrected chi connectivity index (χ0v) is 8.89. The predicted octanol–water partition coefficient (Wildman–Crippen LogP) is -0.336. The second-order valence-electron chi connectivity index (χ2n) is 2.91. The minimum Gasteiger partial charge on any atom is -0.354 e. The molecule has 4 nitrogen and oxygen atoms in total. The summed E-state index contributed by atoms with van der Waals surface area (Å²) in [5, 5.41) is 5.65. The molecule has 0 rings (SSSR count). The smallest absolute Gasteiger partial charge is 0.233 e. The van der Waals surface area contributed by atoms with Crippen molar-refractivity contribution in [1.29, 1.82) is 0 Å². The zero-order chi connectivity index (χ0) is 10.1. The van der Waals surface area contributed by atoms with Crippen molar-refractivity contribution >= 4 is 5.91 Å². The van der Waals surface area contributed by atoms with E-state index < -0.39 is 0 Å². The maximum atomic E-state index is 11.0. The van der Waals surface area contributed by atoms with E-state index in [-0.39, 0.29) is 5.91 Å². The van der Waals surface area contributed by atoms with Gasteiger partial charge in [0.1, 0.15) is 0 Å². The molecule has 0 atom stereocenters. The molecular formula is C9H21N3O. The van der Waals surface area contributed by atoms with Gasteiger partial charge in [-0.15, -0.1) is 0 Å². The van der Waals surface area contributed by atoms with Crippen LogP contribution in [0.15, 0.2) is 0 Å². The van der Waals surface area contributed by atoms with Gasteiger partial charge in [-0.1, -0.05) is 13.8 Å². The molecule has 0 bridgehead atoms. The number of carbonyl (C=O) groups is 1. The lowest BCUT2D eigenvalue weighted by atomic mass is 10.4. The third-order valence-corrected chi connectivity index (χ3v) is 1.98. The molecule has 0 aliphatic heterocycles. The standard InChI is InChI=1S/C9H21N3O/c1-4-12(5-2)7-6-11-9(13)8-10-3/h10H,4-8H2,1-3H3,(H,11,13). The van der Waals surface area contributed by atoms with E-state index in [1.165, 1.54) is 0 Å². The normalized spacial score (nSPS) is 10.5. The SMILES string of the molecule is CCN(CC)CCNC(=O)CNC. The molecule has 0 radical (unpaired) electrons. The van der Waals surface area contributed by atoms with Crippen molar-refractivity contribution in [3.8, 4) is 0 Å². The quantitative estimate of drug-likeness (QED) is 0.573. The van der Waals surface area contributed by atoms with Gasteiger partial charge in [0, 0.05) is 13.1 Å². The number of hydrogen-bond donors (Lipinski definition) is 2. The third kappa shape index (κ3) is 6.54. The maximum Gasteiger partial charge on any atom is 0.233 e. The molecule has 0 aromatic carbocycles. The van der Waals surface area contributed by atoms with Crippen LogP contribution in [0.3, 0.4) is 0 Å². The van der Waals surface area contributed by atoms with E-state index in [1.54, 1.807) is 7.05 Å². The highest BCUT2D eigenvalue weighted by molar-refractivity contribution is 5.77. The van der Waals surface area contributed by atoms with Gasteiger partial charge in [-0.2, -0.15) is 0 Å². The number of nitrogens with zero attached hydrogens (tertiary/aromatic N) is 1. The van der Waals surface area contributed by atoms with E-state index in [0.717, 1.165) is 26.2 Å². The van der Waals surface area contributed by atoms with E-state index in [4.69, 9.17) is 0 Å². The van der Waals surface area contributed by atoms with E-state index >= 15 is 0 Å². The number of likely N-dealkylation sites (N-methyl/N-ethyl adjacent to an activating group) is 2. The Morgan fingerprint density at radius 1 is 1.31 bits per heavy atom. The van der Waals surface area contributed by atoms with Gasteiger partial charge in [0.05, 0.1) is 6.54 Å². The summed E-state index contributed by atoms with van der Waals surface area (Å²) in [7, 11) is 1.77. The fraction of sp³-hybridized carbons (Fsp3) is 0.889. The van der Waals surface area contributed by atoms with Crippen LogP contribution in [0.4, 0.5) is 0 Å². The van der Waals surface area contributed by atoms with E-state index in [2.05, 4.69) is 29.4 Å². The van der Waals surface area contributed by atoms with Crippen molar-refractivity contribution in [3.63, 3.8) is 0 Å². The molecule has 0 aromatic heterocycles. The highest BCUT2D eigenvalue weighted by Crippen LogP contribution is 1.83. The lowest BCUT2D eigenvalue weighted by Crippen LogP contribution is -2.38. The highest BCUT2D eigenvalue weighted by atomic mass is 16.1. The van der Waals surface area contributed by atoms with Gasteiger partial charge in [-0.05, 0) is 20.1 Å². The van der Waals surface area contributed by atoms with Crippen molar-refractivity contribution in [2.45, 2.75) is 13.8 Å². The van der Waals surface area contributed by atoms with Crippen molar-refractivity contribution < 1.29 is 4.79 Å². The van der Waals surface area contributed by atoms with Crippen molar-refractivity contribution in [1.82, 2.24) is 15.5 Å². The van der Waals surface area contributed by atoms with Gasteiger partial charge in [0.25, 0.3) is 0 Å². The van der Waals surface area contributed by atoms with Crippen molar-refractivity contribution in [3.05, 3.63) is 0 Å². The van der Waals surface area contributed by atoms with Crippen LogP contribution in [0.25, 0.3) is 0 Å². The number of hydrogen-bond acceptors (Lipinski definition) is 3. The molecule has 0 heterocycles. The molecule has 0 unspecified atom stereocenters. The van der Waals surface area contributed by atoms with Crippen LogP contribution in [0.1, 0.15) is 13.8 Å². The van der Waals surface area contributed by atoms with E-state index in [1.807, 2.05) is 0 Å². The lowest BCUT2D eigenvalue weighted by Gasteiger charge is -2.17. The molecule has 1 amide bonds. The number of nitrogens with one attached hydrogen (secondary N) is 2. The lowest BCUT2D eigenvalue weighted by molar-refractivity contribution is -0.120. The Morgan fingerprint density at radius 2 is 1.92 bits per heavy atom. The van der Waals surface area contributed by atoms with Gasteiger partial charge >= 0.3 is 0 Å². The fourth-order valence-corrected chi connectivity index (χ4v) is 1.12. The van der Waals surface area contributed by atoms with Gasteiger partial charge in [0.15, 0.2) is 0 Å². The second-order valence-corrected chi connectivity index (χ2v) is 2.91. The molecule has 0 saturated heterocycles. The first-order valence-electron chi connectivity index (χ1n) is 4.88. The Kier molecular flexibility index (Phi) is 7.63. The summed E-state index contributed by atoms with van der Waals surface area (Å²) in [5.41, 5.74) is 0. The number of rotatable bonds is 7. The average molecular weight is 187 g/mol. The van der Waals surface area contributed by atoms with Gasteiger partial charge < -0.3 is 15.5 Å². The molecule has 4 heteroatoms. The Balaban J connectivity index is 3.37. The molecule has 13 heavy (non-hydrogen) atoms. The van der Waals surface area contributed by atoms with E-state index in [0.29, 0.717) is 6.54 Å². The summed E-state index contributed by atoms with van der Waals surface area (Å²) in [6, 6.07) is 0. The molecule has 0 saturated carbocycles. The van der Waals surface area contributed by atoms with Gasteiger partial charge in [-0.25, -0.2) is 0 Å². The monoisotopic (exact) mass is 187 g/mol. The fourth-order valence-electron chi connectivity index (χ4n) is 1.12. The summed E-state index contributed by atoms with van der Waals surface area (Å²) in [6.45, 7) is 8.40. The topological polar surface area (TPSA) is 44.4 Å². The molecule has 0 aliphatic carbocycles. The van der Waals surface area contributed by atoms with Crippen LogP contribution in [-0.4, -0.2) is 50.6 Å². The Morgan fingerprint density at radius 3 is 2.38 bits per heavy atom. The van der Waals surface area contributed by atoms with Crippen LogP contribution in [0, 0.1) is 0 Å². The maximum absolute atomic E-state index is 11.0.